The van der Waals surface area contributed by atoms with E-state index in [2.05, 4.69) is 15.6 Å². The van der Waals surface area contributed by atoms with Gasteiger partial charge in [0, 0.05) is 22.3 Å². The van der Waals surface area contributed by atoms with Gasteiger partial charge in [0.25, 0.3) is 0 Å². The van der Waals surface area contributed by atoms with Gasteiger partial charge in [-0.3, -0.25) is 0 Å². The molecule has 0 aliphatic carbocycles. The lowest BCUT2D eigenvalue weighted by atomic mass is 10.1. The molecule has 0 saturated carbocycles. The fraction of sp³-hybridized carbons (Fsp3) is 0.0588. The number of halogens is 2. The molecular formula is C17H13ClFN3OS. The number of hydrogen-bond acceptors (Lipinski definition) is 3. The van der Waals surface area contributed by atoms with E-state index in [9.17, 15) is 9.18 Å². The van der Waals surface area contributed by atoms with Crippen molar-refractivity contribution in [2.45, 2.75) is 6.92 Å². The lowest BCUT2D eigenvalue weighted by Gasteiger charge is -2.08. The summed E-state index contributed by atoms with van der Waals surface area (Å²) in [4.78, 5) is 16.4. The number of benzene rings is 2. The fourth-order valence-electron chi connectivity index (χ4n) is 2.09. The average Bonchev–Trinajstić information content (AvgIpc) is 2.98. The van der Waals surface area contributed by atoms with Gasteiger partial charge >= 0.3 is 6.03 Å². The quantitative estimate of drug-likeness (QED) is 0.642. The average molecular weight is 362 g/mol. The van der Waals surface area contributed by atoms with Gasteiger partial charge in [-0.15, -0.1) is 11.3 Å². The number of nitrogens with one attached hydrogen (secondary N) is 2. The summed E-state index contributed by atoms with van der Waals surface area (Å²) in [6, 6.07) is 10.9. The van der Waals surface area contributed by atoms with E-state index in [1.54, 1.807) is 23.5 Å². The largest absolute Gasteiger partial charge is 0.323 e. The topological polar surface area (TPSA) is 54.0 Å². The Morgan fingerprint density at radius 3 is 2.42 bits per heavy atom. The summed E-state index contributed by atoms with van der Waals surface area (Å²) in [6.45, 7) is 1.95. The van der Waals surface area contributed by atoms with E-state index >= 15 is 0 Å². The maximum absolute atomic E-state index is 13.1. The van der Waals surface area contributed by atoms with Gasteiger partial charge in [-0.05, 0) is 37.3 Å². The van der Waals surface area contributed by atoms with Crippen LogP contribution in [0, 0.1) is 12.7 Å². The zero-order valence-electron chi connectivity index (χ0n) is 12.6. The molecular weight excluding hydrogens is 349 g/mol. The van der Waals surface area contributed by atoms with Gasteiger partial charge in [0.05, 0.1) is 15.7 Å². The molecule has 3 rings (SSSR count). The zero-order valence-corrected chi connectivity index (χ0v) is 14.2. The highest BCUT2D eigenvalue weighted by Gasteiger charge is 2.07. The molecule has 0 aliphatic heterocycles. The standard InChI is InChI=1S/C17H13ClFN3OS/c1-10-20-16(9-24-10)11-2-4-12(5-3-11)21-17(23)22-13-6-7-15(19)14(18)8-13/h2-9H,1H3,(H2,21,22,23). The zero-order chi connectivity index (χ0) is 17.1. The van der Waals surface area contributed by atoms with E-state index in [1.165, 1.54) is 18.2 Å². The number of aryl methyl sites for hydroxylation is 1. The number of amides is 2. The van der Waals surface area contributed by atoms with Gasteiger partial charge in [-0.2, -0.15) is 0 Å². The van der Waals surface area contributed by atoms with Crippen LogP contribution in [-0.4, -0.2) is 11.0 Å². The Morgan fingerprint density at radius 1 is 1.12 bits per heavy atom. The predicted octanol–water partition coefficient (Wildman–Crippen LogP) is 5.56. The first-order valence-electron chi connectivity index (χ1n) is 7.07. The Kier molecular flexibility index (Phi) is 4.78. The Bertz CT molecular complexity index is 880. The minimum atomic E-state index is -0.532. The summed E-state index contributed by atoms with van der Waals surface area (Å²) in [7, 11) is 0. The summed E-state index contributed by atoms with van der Waals surface area (Å²) >= 11 is 7.27. The minimum absolute atomic E-state index is 0.0456. The van der Waals surface area contributed by atoms with Gasteiger partial charge in [-0.25, -0.2) is 14.2 Å². The molecule has 7 heteroatoms. The number of aromatic nitrogens is 1. The van der Waals surface area contributed by atoms with Crippen molar-refractivity contribution in [2.75, 3.05) is 10.6 Å². The highest BCUT2D eigenvalue weighted by molar-refractivity contribution is 7.09. The van der Waals surface area contributed by atoms with Crippen LogP contribution in [-0.2, 0) is 0 Å². The molecule has 4 nitrogen and oxygen atoms in total. The van der Waals surface area contributed by atoms with Crippen molar-refractivity contribution in [3.63, 3.8) is 0 Å². The maximum atomic E-state index is 13.1. The number of thiazole rings is 1. The molecule has 24 heavy (non-hydrogen) atoms. The monoisotopic (exact) mass is 361 g/mol. The first kappa shape index (κ1) is 16.4. The lowest BCUT2D eigenvalue weighted by molar-refractivity contribution is 0.262. The van der Waals surface area contributed by atoms with Crippen LogP contribution in [0.5, 0.6) is 0 Å². The Labute approximate surface area is 147 Å². The summed E-state index contributed by atoms with van der Waals surface area (Å²) < 4.78 is 13.1. The molecule has 0 unspecified atom stereocenters. The number of nitrogens with zero attached hydrogens (tertiary/aromatic N) is 1. The van der Waals surface area contributed by atoms with Crippen molar-refractivity contribution < 1.29 is 9.18 Å². The van der Waals surface area contributed by atoms with Crippen LogP contribution in [0.15, 0.2) is 47.8 Å². The molecule has 0 atom stereocenters. The molecule has 0 spiro atoms. The normalized spacial score (nSPS) is 10.5. The molecule has 0 fully saturated rings. The molecule has 1 aromatic heterocycles. The van der Waals surface area contributed by atoms with Gasteiger partial charge in [0.15, 0.2) is 0 Å². The highest BCUT2D eigenvalue weighted by Crippen LogP contribution is 2.23. The number of hydrogen-bond donors (Lipinski definition) is 2. The molecule has 0 aliphatic rings. The summed E-state index contributed by atoms with van der Waals surface area (Å²) in [5, 5.41) is 8.25. The van der Waals surface area contributed by atoms with E-state index in [1.807, 2.05) is 24.4 Å². The second-order valence-corrected chi connectivity index (χ2v) is 6.51. The number of carbonyl (C=O) groups excluding carboxylic acids is 1. The van der Waals surface area contributed by atoms with Crippen molar-refractivity contribution in [1.82, 2.24) is 4.98 Å². The van der Waals surface area contributed by atoms with Gasteiger partial charge in [0.2, 0.25) is 0 Å². The third-order valence-corrected chi connectivity index (χ3v) is 4.30. The van der Waals surface area contributed by atoms with Crippen LogP contribution in [0.4, 0.5) is 20.6 Å². The summed E-state index contributed by atoms with van der Waals surface area (Å²) in [5.41, 5.74) is 2.94. The van der Waals surface area contributed by atoms with Gasteiger partial charge in [-0.1, -0.05) is 23.7 Å². The smallest absolute Gasteiger partial charge is 0.308 e. The number of carbonyl (C=O) groups is 1. The van der Waals surface area contributed by atoms with Crippen LogP contribution in [0.25, 0.3) is 11.3 Å². The van der Waals surface area contributed by atoms with Gasteiger partial charge in [0.1, 0.15) is 5.82 Å². The van der Waals surface area contributed by atoms with Crippen LogP contribution in [0.3, 0.4) is 0 Å². The van der Waals surface area contributed by atoms with E-state index in [0.29, 0.717) is 11.4 Å². The van der Waals surface area contributed by atoms with Crippen molar-refractivity contribution in [1.29, 1.82) is 0 Å². The van der Waals surface area contributed by atoms with E-state index < -0.39 is 11.8 Å². The molecule has 0 saturated heterocycles. The number of anilines is 2. The second kappa shape index (κ2) is 6.98. The molecule has 2 amide bonds. The van der Waals surface area contributed by atoms with Crippen LogP contribution in [0.1, 0.15) is 5.01 Å². The molecule has 0 radical (unpaired) electrons. The number of rotatable bonds is 3. The minimum Gasteiger partial charge on any atom is -0.308 e. The number of urea groups is 1. The molecule has 122 valence electrons. The second-order valence-electron chi connectivity index (χ2n) is 5.04. The van der Waals surface area contributed by atoms with Crippen LogP contribution >= 0.6 is 22.9 Å². The fourth-order valence-corrected chi connectivity index (χ4v) is 2.89. The Morgan fingerprint density at radius 2 is 1.79 bits per heavy atom. The Balaban J connectivity index is 1.65. The Hall–Kier alpha value is -2.44. The predicted molar refractivity (Wildman–Crippen MR) is 96.3 cm³/mol. The summed E-state index contributed by atoms with van der Waals surface area (Å²) in [5.74, 6) is -0.532. The lowest BCUT2D eigenvalue weighted by Crippen LogP contribution is -2.19. The van der Waals surface area contributed by atoms with E-state index in [-0.39, 0.29) is 5.02 Å². The first-order valence-corrected chi connectivity index (χ1v) is 8.32. The van der Waals surface area contributed by atoms with Crippen LogP contribution in [0.2, 0.25) is 5.02 Å². The van der Waals surface area contributed by atoms with Gasteiger partial charge < -0.3 is 10.6 Å². The van der Waals surface area contributed by atoms with E-state index in [4.69, 9.17) is 11.6 Å². The highest BCUT2D eigenvalue weighted by atomic mass is 35.5. The molecule has 2 N–H and O–H groups in total. The third kappa shape index (κ3) is 3.90. The SMILES string of the molecule is Cc1nc(-c2ccc(NC(=O)Nc3ccc(F)c(Cl)c3)cc2)cs1. The third-order valence-electron chi connectivity index (χ3n) is 3.24. The molecule has 2 aromatic carbocycles. The van der Waals surface area contributed by atoms with Crippen LogP contribution < -0.4 is 10.6 Å². The van der Waals surface area contributed by atoms with E-state index in [0.717, 1.165) is 16.3 Å². The molecule has 0 bridgehead atoms. The van der Waals surface area contributed by atoms with Crippen molar-refractivity contribution in [3.05, 3.63) is 63.7 Å². The van der Waals surface area contributed by atoms with Crippen molar-refractivity contribution >= 4 is 40.3 Å². The van der Waals surface area contributed by atoms with Crippen molar-refractivity contribution in [2.24, 2.45) is 0 Å². The molecule has 1 heterocycles. The summed E-state index contributed by atoms with van der Waals surface area (Å²) in [6.07, 6.45) is 0. The first-order chi connectivity index (χ1) is 11.5. The van der Waals surface area contributed by atoms with Crippen molar-refractivity contribution in [3.8, 4) is 11.3 Å². The maximum Gasteiger partial charge on any atom is 0.323 e. The molecule has 3 aromatic rings.